The monoisotopic (exact) mass is 416 g/mol. The van der Waals surface area contributed by atoms with E-state index in [0.29, 0.717) is 84.6 Å². The maximum Gasteiger partial charge on any atom is 0.0852 e. The van der Waals surface area contributed by atoms with Gasteiger partial charge in [-0.05, 0) is 5.92 Å². The average Bonchev–Trinajstić information content (AvgIpc) is 3.16. The van der Waals surface area contributed by atoms with Crippen molar-refractivity contribution in [3.05, 3.63) is 11.9 Å². The summed E-state index contributed by atoms with van der Waals surface area (Å²) >= 11 is 0. The smallest absolute Gasteiger partial charge is 0.0852 e. The molecular weight excluding hydrogens is 376 g/mol. The van der Waals surface area contributed by atoms with Crippen molar-refractivity contribution < 1.29 is 23.7 Å². The van der Waals surface area contributed by atoms with E-state index in [1.54, 1.807) is 0 Å². The zero-order valence-corrected chi connectivity index (χ0v) is 18.6. The average molecular weight is 417 g/mol. The number of nitrogens with zero attached hydrogens (tertiary/aromatic N) is 3. The first-order valence-electron chi connectivity index (χ1n) is 10.6. The van der Waals surface area contributed by atoms with E-state index in [1.165, 1.54) is 0 Å². The highest BCUT2D eigenvalue weighted by Gasteiger charge is 2.04. The second-order valence-corrected chi connectivity index (χ2v) is 7.23. The Morgan fingerprint density at radius 3 is 1.69 bits per heavy atom. The zero-order chi connectivity index (χ0) is 21.2. The molecule has 0 aliphatic carbocycles. The van der Waals surface area contributed by atoms with Gasteiger partial charge in [-0.1, -0.05) is 32.9 Å². The van der Waals surface area contributed by atoms with Crippen LogP contribution in [0.2, 0.25) is 0 Å². The van der Waals surface area contributed by atoms with Gasteiger partial charge in [0.15, 0.2) is 0 Å². The minimum atomic E-state index is 0.392. The predicted molar refractivity (Wildman–Crippen MR) is 111 cm³/mol. The minimum absolute atomic E-state index is 0.392. The molecule has 0 amide bonds. The largest absolute Gasteiger partial charge is 0.378 e. The molecular formula is C20H40N4O5. The van der Waals surface area contributed by atoms with Crippen LogP contribution < -0.4 is 5.32 Å². The first-order chi connectivity index (χ1) is 14.1. The van der Waals surface area contributed by atoms with Gasteiger partial charge in [0.05, 0.1) is 78.3 Å². The number of rotatable bonds is 20. The first-order valence-corrected chi connectivity index (χ1v) is 10.6. The number of nitrogens with one attached hydrogen (secondary N) is 1. The molecule has 0 aliphatic heterocycles. The molecule has 0 aliphatic rings. The van der Waals surface area contributed by atoms with Crippen molar-refractivity contribution in [1.29, 1.82) is 0 Å². The molecule has 1 aromatic heterocycles. The standard InChI is InChI=1S/C20H40N4O5/c1-18(2)20-17-24(23-22-20)6-8-26-10-12-28-14-16-29-15-13-27-11-9-25-7-5-21-19(3)4/h17-19,21H,5-16H2,1-4H3. The first kappa shape index (κ1) is 25.9. The normalized spacial score (nSPS) is 11.8. The van der Waals surface area contributed by atoms with Crippen molar-refractivity contribution in [2.45, 2.75) is 46.2 Å². The van der Waals surface area contributed by atoms with Gasteiger partial charge in [-0.3, -0.25) is 0 Å². The second-order valence-electron chi connectivity index (χ2n) is 7.23. The summed E-state index contributed by atoms with van der Waals surface area (Å²) in [6, 6.07) is 0.493. The summed E-state index contributed by atoms with van der Waals surface area (Å²) in [5, 5.41) is 11.5. The van der Waals surface area contributed by atoms with Gasteiger partial charge in [-0.15, -0.1) is 5.10 Å². The fourth-order valence-corrected chi connectivity index (χ4v) is 2.25. The Labute approximate surface area is 175 Å². The van der Waals surface area contributed by atoms with Gasteiger partial charge in [0.25, 0.3) is 0 Å². The van der Waals surface area contributed by atoms with Crippen LogP contribution in [0.15, 0.2) is 6.20 Å². The number of aromatic nitrogens is 3. The van der Waals surface area contributed by atoms with Crippen molar-refractivity contribution >= 4 is 0 Å². The van der Waals surface area contributed by atoms with Gasteiger partial charge in [-0.2, -0.15) is 0 Å². The van der Waals surface area contributed by atoms with Crippen LogP contribution in [-0.4, -0.2) is 93.6 Å². The molecule has 1 rings (SSSR count). The van der Waals surface area contributed by atoms with E-state index < -0.39 is 0 Å². The van der Waals surface area contributed by atoms with Crippen molar-refractivity contribution in [3.63, 3.8) is 0 Å². The molecule has 0 unspecified atom stereocenters. The van der Waals surface area contributed by atoms with Gasteiger partial charge in [0.2, 0.25) is 0 Å². The molecule has 1 heterocycles. The number of ether oxygens (including phenoxy) is 5. The molecule has 0 spiro atoms. The molecule has 0 saturated carbocycles. The molecule has 0 bridgehead atoms. The third kappa shape index (κ3) is 15.4. The van der Waals surface area contributed by atoms with E-state index in [2.05, 4.69) is 43.3 Å². The van der Waals surface area contributed by atoms with Crippen LogP contribution in [0.25, 0.3) is 0 Å². The van der Waals surface area contributed by atoms with E-state index in [1.807, 2.05) is 10.9 Å². The molecule has 0 aromatic carbocycles. The number of hydrogen-bond donors (Lipinski definition) is 1. The predicted octanol–water partition coefficient (Wildman–Crippen LogP) is 1.48. The van der Waals surface area contributed by atoms with Crippen LogP contribution in [0.4, 0.5) is 0 Å². The van der Waals surface area contributed by atoms with Crippen molar-refractivity contribution in [2.24, 2.45) is 0 Å². The fourth-order valence-electron chi connectivity index (χ4n) is 2.25. The Morgan fingerprint density at radius 1 is 0.759 bits per heavy atom. The molecule has 1 N–H and O–H groups in total. The summed E-state index contributed by atoms with van der Waals surface area (Å²) in [5.74, 6) is 0.392. The molecule has 0 radical (unpaired) electrons. The van der Waals surface area contributed by atoms with Gasteiger partial charge < -0.3 is 29.0 Å². The van der Waals surface area contributed by atoms with E-state index in [9.17, 15) is 0 Å². The van der Waals surface area contributed by atoms with Gasteiger partial charge >= 0.3 is 0 Å². The third-order valence-corrected chi connectivity index (χ3v) is 3.90. The number of hydrogen-bond acceptors (Lipinski definition) is 8. The highest BCUT2D eigenvalue weighted by Crippen LogP contribution is 2.08. The van der Waals surface area contributed by atoms with Crippen LogP contribution >= 0.6 is 0 Å². The Balaban J connectivity index is 1.74. The lowest BCUT2D eigenvalue weighted by atomic mass is 10.2. The summed E-state index contributed by atoms with van der Waals surface area (Å²) in [7, 11) is 0. The van der Waals surface area contributed by atoms with Crippen LogP contribution in [0.3, 0.4) is 0 Å². The quantitative estimate of drug-likeness (QED) is 0.320. The molecule has 0 fully saturated rings. The summed E-state index contributed by atoms with van der Waals surface area (Å²) in [6.07, 6.45) is 1.96. The van der Waals surface area contributed by atoms with Crippen molar-refractivity contribution in [1.82, 2.24) is 20.3 Å². The van der Waals surface area contributed by atoms with E-state index in [0.717, 1.165) is 12.2 Å². The molecule has 0 saturated heterocycles. The van der Waals surface area contributed by atoms with Gasteiger partial charge in [0.1, 0.15) is 0 Å². The highest BCUT2D eigenvalue weighted by atomic mass is 16.6. The summed E-state index contributed by atoms with van der Waals surface area (Å²) in [6.45, 7) is 15.8. The SMILES string of the molecule is CC(C)NCCOCCOCCOCCOCCOCCn1cc(C(C)C)nn1. The third-order valence-electron chi connectivity index (χ3n) is 3.90. The minimum Gasteiger partial charge on any atom is -0.378 e. The topological polar surface area (TPSA) is 88.9 Å². The van der Waals surface area contributed by atoms with E-state index in [4.69, 9.17) is 23.7 Å². The van der Waals surface area contributed by atoms with Crippen LogP contribution in [0.1, 0.15) is 39.3 Å². The lowest BCUT2D eigenvalue weighted by Crippen LogP contribution is -2.27. The summed E-state index contributed by atoms with van der Waals surface area (Å²) < 4.78 is 29.2. The lowest BCUT2D eigenvalue weighted by Gasteiger charge is -2.09. The molecule has 29 heavy (non-hydrogen) atoms. The molecule has 170 valence electrons. The van der Waals surface area contributed by atoms with Crippen molar-refractivity contribution in [3.8, 4) is 0 Å². The Bertz CT molecular complexity index is 485. The molecule has 9 heteroatoms. The molecule has 0 atom stereocenters. The Hall–Kier alpha value is -1.10. The van der Waals surface area contributed by atoms with Gasteiger partial charge in [-0.25, -0.2) is 4.68 Å². The summed E-state index contributed by atoms with van der Waals surface area (Å²) in [4.78, 5) is 0. The maximum absolute atomic E-state index is 5.54. The lowest BCUT2D eigenvalue weighted by molar-refractivity contribution is -0.0114. The molecule has 9 nitrogen and oxygen atoms in total. The Morgan fingerprint density at radius 2 is 1.24 bits per heavy atom. The van der Waals surface area contributed by atoms with E-state index in [-0.39, 0.29) is 0 Å². The van der Waals surface area contributed by atoms with Gasteiger partial charge in [0, 0.05) is 18.8 Å². The highest BCUT2D eigenvalue weighted by molar-refractivity contribution is 4.97. The molecule has 1 aromatic rings. The van der Waals surface area contributed by atoms with Crippen LogP contribution in [0, 0.1) is 0 Å². The Kier molecular flexibility index (Phi) is 15.9. The summed E-state index contributed by atoms with van der Waals surface area (Å²) in [5.41, 5.74) is 1.00. The van der Waals surface area contributed by atoms with Crippen molar-refractivity contribution in [2.75, 3.05) is 72.6 Å². The second kappa shape index (κ2) is 17.7. The fraction of sp³-hybridized carbons (Fsp3) is 0.900. The maximum atomic E-state index is 5.54. The zero-order valence-electron chi connectivity index (χ0n) is 18.6. The van der Waals surface area contributed by atoms with Crippen LogP contribution in [-0.2, 0) is 30.2 Å². The van der Waals surface area contributed by atoms with E-state index >= 15 is 0 Å². The van der Waals surface area contributed by atoms with Crippen LogP contribution in [0.5, 0.6) is 0 Å².